The summed E-state index contributed by atoms with van der Waals surface area (Å²) in [6.45, 7) is 2.96. The molecule has 6 nitrogen and oxygen atoms in total. The Morgan fingerprint density at radius 1 is 1.47 bits per heavy atom. The van der Waals surface area contributed by atoms with E-state index in [-0.39, 0.29) is 5.95 Å². The minimum Gasteiger partial charge on any atom is -0.378 e. The fourth-order valence-electron chi connectivity index (χ4n) is 1.10. The van der Waals surface area contributed by atoms with Gasteiger partial charge in [-0.3, -0.25) is 0 Å². The molecular weight excluding hydrogens is 286 g/mol. The molecule has 0 fully saturated rings. The first kappa shape index (κ1) is 14.1. The molecule has 0 spiro atoms. The lowest BCUT2D eigenvalue weighted by Crippen LogP contribution is -2.20. The van der Waals surface area contributed by atoms with E-state index < -0.39 is 0 Å². The first-order chi connectivity index (χ1) is 8.09. The van der Waals surface area contributed by atoms with Gasteiger partial charge in [0.2, 0.25) is 5.95 Å². The predicted octanol–water partition coefficient (Wildman–Crippen LogP) is 0.811. The van der Waals surface area contributed by atoms with E-state index in [1.54, 1.807) is 6.20 Å². The molecule has 0 saturated carbocycles. The van der Waals surface area contributed by atoms with E-state index >= 15 is 0 Å². The standard InChI is InChI=1S/C10H18BrN5O/c1-16(2)4-6-17-5-3-13-9-8(11)7-14-10(12)15-9/h7H,3-6H2,1-2H3,(H3,12,13,14,15). The Bertz CT molecular complexity index is 347. The SMILES string of the molecule is CN(C)CCOCCNc1nc(N)ncc1Br. The smallest absolute Gasteiger partial charge is 0.221 e. The summed E-state index contributed by atoms with van der Waals surface area (Å²) in [4.78, 5) is 10.0. The second-order valence-corrected chi connectivity index (χ2v) is 4.62. The minimum atomic E-state index is 0.254. The molecule has 0 unspecified atom stereocenters. The third-order valence-corrected chi connectivity index (χ3v) is 2.56. The molecule has 0 bridgehead atoms. The normalized spacial score (nSPS) is 10.8. The molecule has 0 aliphatic carbocycles. The van der Waals surface area contributed by atoms with Gasteiger partial charge in [-0.05, 0) is 30.0 Å². The molecule has 0 radical (unpaired) electrons. The van der Waals surface area contributed by atoms with Crippen molar-refractivity contribution in [1.29, 1.82) is 0 Å². The molecule has 3 N–H and O–H groups in total. The summed E-state index contributed by atoms with van der Waals surface area (Å²) < 4.78 is 6.23. The monoisotopic (exact) mass is 303 g/mol. The summed E-state index contributed by atoms with van der Waals surface area (Å²) in [5, 5.41) is 3.13. The Morgan fingerprint density at radius 2 is 2.24 bits per heavy atom. The number of hydrogen-bond donors (Lipinski definition) is 2. The molecule has 0 aliphatic rings. The van der Waals surface area contributed by atoms with Gasteiger partial charge in [0.05, 0.1) is 17.7 Å². The lowest BCUT2D eigenvalue weighted by atomic mass is 10.5. The van der Waals surface area contributed by atoms with E-state index in [1.807, 2.05) is 14.1 Å². The van der Waals surface area contributed by atoms with Crippen LogP contribution in [0.15, 0.2) is 10.7 Å². The number of nitrogens with zero attached hydrogens (tertiary/aromatic N) is 3. The number of anilines is 2. The van der Waals surface area contributed by atoms with Crippen molar-refractivity contribution in [3.8, 4) is 0 Å². The average molecular weight is 304 g/mol. The Balaban J connectivity index is 2.20. The lowest BCUT2D eigenvalue weighted by molar-refractivity contribution is 0.126. The van der Waals surface area contributed by atoms with Crippen LogP contribution < -0.4 is 11.1 Å². The molecule has 0 saturated heterocycles. The number of halogens is 1. The van der Waals surface area contributed by atoms with E-state index in [0.29, 0.717) is 19.0 Å². The molecular formula is C10H18BrN5O. The topological polar surface area (TPSA) is 76.3 Å². The molecule has 1 rings (SSSR count). The minimum absolute atomic E-state index is 0.254. The van der Waals surface area contributed by atoms with E-state index in [9.17, 15) is 0 Å². The highest BCUT2D eigenvalue weighted by molar-refractivity contribution is 9.10. The highest BCUT2D eigenvalue weighted by Gasteiger charge is 2.01. The maximum atomic E-state index is 5.49. The number of nitrogens with one attached hydrogen (secondary N) is 1. The first-order valence-corrected chi connectivity index (χ1v) is 6.13. The third-order valence-electron chi connectivity index (χ3n) is 1.98. The van der Waals surface area contributed by atoms with Gasteiger partial charge >= 0.3 is 0 Å². The van der Waals surface area contributed by atoms with Crippen LogP contribution in [0.5, 0.6) is 0 Å². The van der Waals surface area contributed by atoms with Crippen molar-refractivity contribution >= 4 is 27.7 Å². The van der Waals surface area contributed by atoms with E-state index in [2.05, 4.69) is 36.1 Å². The van der Waals surface area contributed by atoms with Crippen LogP contribution in [0, 0.1) is 0 Å². The summed E-state index contributed by atoms with van der Waals surface area (Å²) in [7, 11) is 4.03. The maximum absolute atomic E-state index is 5.49. The van der Waals surface area contributed by atoms with Crippen LogP contribution in [0.4, 0.5) is 11.8 Å². The Hall–Kier alpha value is -0.920. The molecule has 1 heterocycles. The van der Waals surface area contributed by atoms with Crippen molar-refractivity contribution in [2.75, 3.05) is 51.4 Å². The number of ether oxygens (including phenoxy) is 1. The van der Waals surface area contributed by atoms with Crippen LogP contribution in [0.2, 0.25) is 0 Å². The van der Waals surface area contributed by atoms with Crippen LogP contribution in [0.3, 0.4) is 0 Å². The highest BCUT2D eigenvalue weighted by Crippen LogP contribution is 2.18. The summed E-state index contributed by atoms with van der Waals surface area (Å²) >= 11 is 3.34. The van der Waals surface area contributed by atoms with Gasteiger partial charge in [0.1, 0.15) is 5.82 Å². The van der Waals surface area contributed by atoms with Crippen molar-refractivity contribution in [2.24, 2.45) is 0 Å². The molecule has 7 heteroatoms. The summed E-state index contributed by atoms with van der Waals surface area (Å²) in [6, 6.07) is 0. The largest absolute Gasteiger partial charge is 0.378 e. The van der Waals surface area contributed by atoms with Gasteiger partial charge in [0.15, 0.2) is 0 Å². The first-order valence-electron chi connectivity index (χ1n) is 5.34. The number of aromatic nitrogens is 2. The molecule has 1 aromatic rings. The van der Waals surface area contributed by atoms with Crippen LogP contribution in [0.25, 0.3) is 0 Å². The zero-order chi connectivity index (χ0) is 12.7. The van der Waals surface area contributed by atoms with E-state index in [1.165, 1.54) is 0 Å². The van der Waals surface area contributed by atoms with Gasteiger partial charge in [0.25, 0.3) is 0 Å². The fourth-order valence-corrected chi connectivity index (χ4v) is 1.43. The summed E-state index contributed by atoms with van der Waals surface area (Å²) in [6.07, 6.45) is 1.62. The molecule has 0 amide bonds. The predicted molar refractivity (Wildman–Crippen MR) is 72.0 cm³/mol. The van der Waals surface area contributed by atoms with Crippen LogP contribution in [0.1, 0.15) is 0 Å². The average Bonchev–Trinajstić information content (AvgIpc) is 2.27. The van der Waals surface area contributed by atoms with Crippen molar-refractivity contribution < 1.29 is 4.74 Å². The summed E-state index contributed by atoms with van der Waals surface area (Å²) in [5.41, 5.74) is 5.49. The number of hydrogen-bond acceptors (Lipinski definition) is 6. The van der Waals surface area contributed by atoms with Crippen LogP contribution >= 0.6 is 15.9 Å². The van der Waals surface area contributed by atoms with E-state index in [0.717, 1.165) is 17.6 Å². The Kier molecular flexibility index (Phi) is 6.17. The van der Waals surface area contributed by atoms with Gasteiger partial charge in [-0.25, -0.2) is 4.98 Å². The molecule has 17 heavy (non-hydrogen) atoms. The van der Waals surface area contributed by atoms with Crippen molar-refractivity contribution in [3.63, 3.8) is 0 Å². The third kappa shape index (κ3) is 5.81. The Morgan fingerprint density at radius 3 is 2.94 bits per heavy atom. The molecule has 0 aromatic carbocycles. The van der Waals surface area contributed by atoms with Gasteiger partial charge in [-0.2, -0.15) is 4.98 Å². The van der Waals surface area contributed by atoms with Crippen LogP contribution in [-0.2, 0) is 4.74 Å². The van der Waals surface area contributed by atoms with Gasteiger partial charge in [-0.15, -0.1) is 0 Å². The number of nitrogens with two attached hydrogens (primary N) is 1. The maximum Gasteiger partial charge on any atom is 0.221 e. The highest BCUT2D eigenvalue weighted by atomic mass is 79.9. The molecule has 1 aromatic heterocycles. The quantitative estimate of drug-likeness (QED) is 0.726. The van der Waals surface area contributed by atoms with Crippen LogP contribution in [-0.4, -0.2) is 55.3 Å². The number of nitrogen functional groups attached to an aromatic ring is 1. The zero-order valence-corrected chi connectivity index (χ0v) is 11.7. The molecule has 0 atom stereocenters. The summed E-state index contributed by atoms with van der Waals surface area (Å²) in [5.74, 6) is 0.943. The van der Waals surface area contributed by atoms with Crippen molar-refractivity contribution in [1.82, 2.24) is 14.9 Å². The fraction of sp³-hybridized carbons (Fsp3) is 0.600. The number of likely N-dealkylation sites (N-methyl/N-ethyl adjacent to an activating group) is 1. The van der Waals surface area contributed by atoms with E-state index in [4.69, 9.17) is 10.5 Å². The van der Waals surface area contributed by atoms with Gasteiger partial charge in [-0.1, -0.05) is 0 Å². The second kappa shape index (κ2) is 7.41. The molecule has 0 aliphatic heterocycles. The van der Waals surface area contributed by atoms with Crippen molar-refractivity contribution in [3.05, 3.63) is 10.7 Å². The van der Waals surface area contributed by atoms with Gasteiger partial charge < -0.3 is 20.7 Å². The Labute approximate surface area is 110 Å². The van der Waals surface area contributed by atoms with Gasteiger partial charge in [0, 0.05) is 19.3 Å². The lowest BCUT2D eigenvalue weighted by Gasteiger charge is -2.11. The number of rotatable bonds is 7. The zero-order valence-electron chi connectivity index (χ0n) is 10.1. The second-order valence-electron chi connectivity index (χ2n) is 3.77. The van der Waals surface area contributed by atoms with Crippen molar-refractivity contribution in [2.45, 2.75) is 0 Å². The molecule has 96 valence electrons.